The van der Waals surface area contributed by atoms with E-state index in [1.165, 1.54) is 22.9 Å². The van der Waals surface area contributed by atoms with Gasteiger partial charge in [-0.05, 0) is 42.6 Å². The van der Waals surface area contributed by atoms with Gasteiger partial charge in [0.25, 0.3) is 0 Å². The van der Waals surface area contributed by atoms with E-state index in [0.29, 0.717) is 24.6 Å². The van der Waals surface area contributed by atoms with Crippen LogP contribution in [0, 0.1) is 12.7 Å². The minimum absolute atomic E-state index is 0.00199. The third-order valence-corrected chi connectivity index (χ3v) is 5.14. The van der Waals surface area contributed by atoms with Gasteiger partial charge in [0.15, 0.2) is 5.82 Å². The molecular formula is C18H22FN9O. The number of hydrogen-bond acceptors (Lipinski definition) is 6. The molecule has 0 aliphatic carbocycles. The third-order valence-electron chi connectivity index (χ3n) is 5.14. The molecule has 3 aromatic rings. The summed E-state index contributed by atoms with van der Waals surface area (Å²) in [6, 6.07) is 4.07. The number of imidazole rings is 1. The van der Waals surface area contributed by atoms with Crippen LogP contribution < -0.4 is 5.32 Å². The van der Waals surface area contributed by atoms with E-state index in [1.54, 1.807) is 18.0 Å². The molecule has 29 heavy (non-hydrogen) atoms. The topological polar surface area (TPSA) is 97.0 Å². The minimum Gasteiger partial charge on any atom is -0.337 e. The van der Waals surface area contributed by atoms with E-state index in [-0.39, 0.29) is 17.8 Å². The van der Waals surface area contributed by atoms with Gasteiger partial charge >= 0.3 is 6.03 Å². The molecule has 2 aromatic heterocycles. The summed E-state index contributed by atoms with van der Waals surface area (Å²) in [5, 5.41) is 13.9. The molecule has 0 bridgehead atoms. The van der Waals surface area contributed by atoms with Crippen LogP contribution >= 0.6 is 0 Å². The van der Waals surface area contributed by atoms with Crippen LogP contribution in [0.2, 0.25) is 0 Å². The largest absolute Gasteiger partial charge is 0.337 e. The maximum atomic E-state index is 14.2. The highest BCUT2D eigenvalue weighted by molar-refractivity contribution is 5.89. The fraction of sp³-hybridized carbons (Fsp3) is 0.389. The Hall–Kier alpha value is -3.34. The molecular weight excluding hydrogens is 377 g/mol. The first-order valence-corrected chi connectivity index (χ1v) is 9.22. The zero-order valence-electron chi connectivity index (χ0n) is 16.4. The van der Waals surface area contributed by atoms with Crippen molar-refractivity contribution in [2.45, 2.75) is 13.0 Å². The number of carbonyl (C=O) groups is 1. The van der Waals surface area contributed by atoms with Crippen molar-refractivity contribution in [3.05, 3.63) is 48.1 Å². The maximum absolute atomic E-state index is 14.2. The van der Waals surface area contributed by atoms with Crippen LogP contribution in [-0.2, 0) is 7.05 Å². The monoisotopic (exact) mass is 399 g/mol. The summed E-state index contributed by atoms with van der Waals surface area (Å²) in [5.41, 5.74) is 0.642. The Balaban J connectivity index is 1.51. The molecule has 1 atom stereocenters. The Kier molecular flexibility index (Phi) is 4.97. The Morgan fingerprint density at radius 2 is 2.10 bits per heavy atom. The number of nitrogens with zero attached hydrogens (tertiary/aromatic N) is 8. The van der Waals surface area contributed by atoms with Crippen molar-refractivity contribution in [1.29, 1.82) is 0 Å². The van der Waals surface area contributed by atoms with Crippen LogP contribution in [0.15, 0.2) is 30.6 Å². The number of nitrogens with one attached hydrogen (secondary N) is 1. The molecule has 152 valence electrons. The highest BCUT2D eigenvalue weighted by Gasteiger charge is 2.30. The molecule has 1 N–H and O–H groups in total. The zero-order valence-corrected chi connectivity index (χ0v) is 16.4. The molecule has 4 rings (SSSR count). The molecule has 2 amide bonds. The van der Waals surface area contributed by atoms with Crippen molar-refractivity contribution in [3.8, 4) is 5.69 Å². The van der Waals surface area contributed by atoms with E-state index in [9.17, 15) is 9.18 Å². The average Bonchev–Trinajstić information content (AvgIpc) is 3.32. The van der Waals surface area contributed by atoms with E-state index in [1.807, 2.05) is 24.9 Å². The summed E-state index contributed by atoms with van der Waals surface area (Å²) in [6.45, 7) is 3.49. The molecule has 1 aromatic carbocycles. The Bertz CT molecular complexity index is 1030. The summed E-state index contributed by atoms with van der Waals surface area (Å²) < 4.78 is 17.5. The van der Waals surface area contributed by atoms with E-state index < -0.39 is 5.82 Å². The summed E-state index contributed by atoms with van der Waals surface area (Å²) in [7, 11) is 3.96. The standard InChI is InChI=1S/C18H22FN9O/c1-12-22-23-24-28(12)15-10-13(4-5-14(15)19)21-18(29)27-9-8-25(2)16(11-27)17-20-6-7-26(17)3/h4-7,10,16H,8-9,11H2,1-3H3,(H,21,29). The van der Waals surface area contributed by atoms with E-state index in [2.05, 4.69) is 30.7 Å². The number of rotatable bonds is 3. The third kappa shape index (κ3) is 3.68. The van der Waals surface area contributed by atoms with E-state index in [0.717, 1.165) is 12.4 Å². The number of amides is 2. The molecule has 0 saturated carbocycles. The van der Waals surface area contributed by atoms with Gasteiger partial charge in [-0.1, -0.05) is 0 Å². The fourth-order valence-corrected chi connectivity index (χ4v) is 3.44. The van der Waals surface area contributed by atoms with Crippen LogP contribution in [0.4, 0.5) is 14.9 Å². The summed E-state index contributed by atoms with van der Waals surface area (Å²) >= 11 is 0. The van der Waals surface area contributed by atoms with Crippen molar-refractivity contribution in [2.24, 2.45) is 7.05 Å². The van der Waals surface area contributed by atoms with Gasteiger partial charge in [0, 0.05) is 44.8 Å². The zero-order chi connectivity index (χ0) is 20.5. The van der Waals surface area contributed by atoms with Gasteiger partial charge in [0.05, 0.1) is 6.04 Å². The molecule has 10 nitrogen and oxygen atoms in total. The first kappa shape index (κ1) is 19.0. The van der Waals surface area contributed by atoms with Gasteiger partial charge in [-0.15, -0.1) is 5.10 Å². The van der Waals surface area contributed by atoms with Gasteiger partial charge in [-0.25, -0.2) is 14.2 Å². The van der Waals surface area contributed by atoms with Gasteiger partial charge in [-0.2, -0.15) is 4.68 Å². The number of aromatic nitrogens is 6. The van der Waals surface area contributed by atoms with E-state index in [4.69, 9.17) is 0 Å². The first-order chi connectivity index (χ1) is 13.9. The predicted molar refractivity (Wildman–Crippen MR) is 103 cm³/mol. The first-order valence-electron chi connectivity index (χ1n) is 9.22. The van der Waals surface area contributed by atoms with Gasteiger partial charge in [0.2, 0.25) is 0 Å². The maximum Gasteiger partial charge on any atom is 0.321 e. The molecule has 1 aliphatic heterocycles. The average molecular weight is 399 g/mol. The lowest BCUT2D eigenvalue weighted by molar-refractivity contribution is 0.110. The quantitative estimate of drug-likeness (QED) is 0.714. The summed E-state index contributed by atoms with van der Waals surface area (Å²) in [5.74, 6) is 0.875. The number of benzene rings is 1. The number of carbonyl (C=O) groups excluding carboxylic acids is 1. The lowest BCUT2D eigenvalue weighted by Gasteiger charge is -2.38. The normalized spacial score (nSPS) is 17.5. The van der Waals surface area contributed by atoms with Gasteiger partial charge < -0.3 is 14.8 Å². The minimum atomic E-state index is -0.479. The number of likely N-dealkylation sites (N-methyl/N-ethyl adjacent to an activating group) is 1. The van der Waals surface area contributed by atoms with Crippen molar-refractivity contribution in [1.82, 2.24) is 39.6 Å². The summed E-state index contributed by atoms with van der Waals surface area (Å²) in [4.78, 5) is 21.2. The molecule has 0 radical (unpaired) electrons. The van der Waals surface area contributed by atoms with Gasteiger partial charge in [0.1, 0.15) is 17.3 Å². The molecule has 11 heteroatoms. The second kappa shape index (κ2) is 7.59. The lowest BCUT2D eigenvalue weighted by atomic mass is 10.1. The number of tetrazole rings is 1. The van der Waals surface area contributed by atoms with Gasteiger partial charge in [-0.3, -0.25) is 4.90 Å². The number of halogens is 1. The fourth-order valence-electron chi connectivity index (χ4n) is 3.44. The van der Waals surface area contributed by atoms with Crippen molar-refractivity contribution in [2.75, 3.05) is 32.0 Å². The summed E-state index contributed by atoms with van der Waals surface area (Å²) in [6.07, 6.45) is 3.65. The Labute approximate surface area is 166 Å². The van der Waals surface area contributed by atoms with E-state index >= 15 is 0 Å². The molecule has 3 heterocycles. The van der Waals surface area contributed by atoms with Crippen LogP contribution in [0.1, 0.15) is 17.7 Å². The number of aryl methyl sites for hydroxylation is 2. The SMILES string of the molecule is Cc1nnnn1-c1cc(NC(=O)N2CCN(C)C(c3nccn3C)C2)ccc1F. The van der Waals surface area contributed by atoms with Crippen molar-refractivity contribution >= 4 is 11.7 Å². The molecule has 1 unspecified atom stereocenters. The van der Waals surface area contributed by atoms with Crippen molar-refractivity contribution in [3.63, 3.8) is 0 Å². The Morgan fingerprint density at radius 1 is 1.28 bits per heavy atom. The van der Waals surface area contributed by atoms with Crippen LogP contribution in [0.3, 0.4) is 0 Å². The second-order valence-electron chi connectivity index (χ2n) is 7.07. The second-order valence-corrected chi connectivity index (χ2v) is 7.07. The highest BCUT2D eigenvalue weighted by Crippen LogP contribution is 2.24. The molecule has 0 spiro atoms. The lowest BCUT2D eigenvalue weighted by Crippen LogP contribution is -2.50. The van der Waals surface area contributed by atoms with Crippen LogP contribution in [0.25, 0.3) is 5.69 Å². The highest BCUT2D eigenvalue weighted by atomic mass is 19.1. The van der Waals surface area contributed by atoms with Crippen LogP contribution in [-0.4, -0.2) is 72.3 Å². The predicted octanol–water partition coefficient (Wildman–Crippen LogP) is 1.36. The van der Waals surface area contributed by atoms with Crippen LogP contribution in [0.5, 0.6) is 0 Å². The number of piperazine rings is 1. The molecule has 1 saturated heterocycles. The number of anilines is 1. The molecule has 1 fully saturated rings. The number of hydrogen-bond donors (Lipinski definition) is 1. The smallest absolute Gasteiger partial charge is 0.321 e. The molecule has 1 aliphatic rings. The Morgan fingerprint density at radius 3 is 2.79 bits per heavy atom. The number of urea groups is 1. The van der Waals surface area contributed by atoms with Crippen molar-refractivity contribution < 1.29 is 9.18 Å².